The Bertz CT molecular complexity index is 1590. The fourth-order valence-corrected chi connectivity index (χ4v) is 5.23. The van der Waals surface area contributed by atoms with Gasteiger partial charge in [0.15, 0.2) is 0 Å². The molecule has 0 radical (unpaired) electrons. The van der Waals surface area contributed by atoms with Gasteiger partial charge in [0.1, 0.15) is 11.3 Å². The average Bonchev–Trinajstić information content (AvgIpc) is 2.79. The third-order valence-electron chi connectivity index (χ3n) is 4.67. The Kier molecular flexibility index (Phi) is 5.83. The molecule has 0 saturated carbocycles. The molecule has 0 aliphatic rings. The molecule has 4 aromatic rings. The maximum atomic E-state index is 12.8. The number of rotatable bonds is 7. The largest absolute Gasteiger partial charge is 0.495 e. The average molecular weight is 487 g/mol. The van der Waals surface area contributed by atoms with Crippen LogP contribution in [0, 0.1) is 0 Å². The van der Waals surface area contributed by atoms with Crippen molar-refractivity contribution in [3.8, 4) is 5.75 Å². The Balaban J connectivity index is 1.55. The molecule has 11 heteroatoms. The maximum Gasteiger partial charge on any atom is 0.336 e. The Labute approximate surface area is 189 Å². The van der Waals surface area contributed by atoms with Gasteiger partial charge in [0.05, 0.1) is 22.6 Å². The van der Waals surface area contributed by atoms with Crippen LogP contribution in [0.3, 0.4) is 0 Å². The van der Waals surface area contributed by atoms with E-state index in [9.17, 15) is 21.6 Å². The summed E-state index contributed by atoms with van der Waals surface area (Å²) >= 11 is 0. The van der Waals surface area contributed by atoms with Crippen molar-refractivity contribution in [2.45, 2.75) is 9.79 Å². The van der Waals surface area contributed by atoms with E-state index in [0.29, 0.717) is 11.1 Å². The van der Waals surface area contributed by atoms with Crippen LogP contribution in [-0.2, 0) is 20.0 Å². The van der Waals surface area contributed by atoms with Gasteiger partial charge in [0, 0.05) is 17.1 Å². The predicted molar refractivity (Wildman–Crippen MR) is 124 cm³/mol. The zero-order chi connectivity index (χ0) is 23.6. The molecule has 0 aliphatic heterocycles. The van der Waals surface area contributed by atoms with Gasteiger partial charge in [-0.25, -0.2) is 21.6 Å². The second-order valence-corrected chi connectivity index (χ2v) is 10.3. The van der Waals surface area contributed by atoms with E-state index in [-0.39, 0.29) is 26.7 Å². The number of benzene rings is 3. The molecule has 0 spiro atoms. The molecular formula is C22H18N2O7S2. The lowest BCUT2D eigenvalue weighted by Crippen LogP contribution is -2.15. The standard InChI is InChI=1S/C22H18N2O7S2/c1-30-21-5-3-2-4-19(21)24-32(26,27)17-9-7-16(8-10-17)23-33(28,29)18-11-12-20-15(14-18)6-13-22(25)31-20/h2-14,23-24H,1H3. The molecule has 1 heterocycles. The summed E-state index contributed by atoms with van der Waals surface area (Å²) in [5, 5.41) is 0.446. The molecule has 3 aromatic carbocycles. The number of nitrogens with one attached hydrogen (secondary N) is 2. The van der Waals surface area contributed by atoms with Crippen molar-refractivity contribution in [3.05, 3.63) is 89.3 Å². The highest BCUT2D eigenvalue weighted by atomic mass is 32.2. The number of methoxy groups -OCH3 is 1. The summed E-state index contributed by atoms with van der Waals surface area (Å²) in [5.74, 6) is 0.361. The number of anilines is 2. The van der Waals surface area contributed by atoms with Gasteiger partial charge in [-0.3, -0.25) is 9.44 Å². The number of ether oxygens (including phenoxy) is 1. The highest BCUT2D eigenvalue weighted by Crippen LogP contribution is 2.27. The highest BCUT2D eigenvalue weighted by molar-refractivity contribution is 7.93. The zero-order valence-electron chi connectivity index (χ0n) is 17.2. The van der Waals surface area contributed by atoms with Crippen LogP contribution in [0.5, 0.6) is 5.75 Å². The molecule has 0 atom stereocenters. The smallest absolute Gasteiger partial charge is 0.336 e. The van der Waals surface area contributed by atoms with Gasteiger partial charge in [-0.05, 0) is 60.7 Å². The van der Waals surface area contributed by atoms with E-state index in [1.165, 1.54) is 61.7 Å². The summed E-state index contributed by atoms with van der Waals surface area (Å²) in [4.78, 5) is 11.2. The number of fused-ring (bicyclic) bond motifs is 1. The number of para-hydroxylation sites is 2. The minimum Gasteiger partial charge on any atom is -0.495 e. The third-order valence-corrected chi connectivity index (χ3v) is 7.43. The zero-order valence-corrected chi connectivity index (χ0v) is 18.8. The predicted octanol–water partition coefficient (Wildman–Crippen LogP) is 3.40. The van der Waals surface area contributed by atoms with Gasteiger partial charge in [0.2, 0.25) is 0 Å². The topological polar surface area (TPSA) is 132 Å². The van der Waals surface area contributed by atoms with Gasteiger partial charge in [-0.2, -0.15) is 0 Å². The van der Waals surface area contributed by atoms with Crippen LogP contribution in [-0.4, -0.2) is 23.9 Å². The van der Waals surface area contributed by atoms with Gasteiger partial charge < -0.3 is 9.15 Å². The molecule has 0 aliphatic carbocycles. The molecule has 170 valence electrons. The van der Waals surface area contributed by atoms with Gasteiger partial charge in [-0.1, -0.05) is 12.1 Å². The molecule has 33 heavy (non-hydrogen) atoms. The third kappa shape index (κ3) is 4.83. The van der Waals surface area contributed by atoms with Crippen molar-refractivity contribution in [1.29, 1.82) is 0 Å². The summed E-state index contributed by atoms with van der Waals surface area (Å²) in [6.45, 7) is 0. The van der Waals surface area contributed by atoms with E-state index in [0.717, 1.165) is 0 Å². The first kappa shape index (κ1) is 22.4. The summed E-state index contributed by atoms with van der Waals surface area (Å²) in [7, 11) is -6.47. The molecule has 0 bridgehead atoms. The molecule has 0 amide bonds. The van der Waals surface area contributed by atoms with E-state index < -0.39 is 25.7 Å². The van der Waals surface area contributed by atoms with E-state index in [2.05, 4.69) is 9.44 Å². The van der Waals surface area contributed by atoms with Crippen LogP contribution >= 0.6 is 0 Å². The van der Waals surface area contributed by atoms with Crippen molar-refractivity contribution in [2.24, 2.45) is 0 Å². The van der Waals surface area contributed by atoms with Gasteiger partial charge in [0.25, 0.3) is 20.0 Å². The molecule has 0 unspecified atom stereocenters. The fraction of sp³-hybridized carbons (Fsp3) is 0.0455. The highest BCUT2D eigenvalue weighted by Gasteiger charge is 2.18. The Morgan fingerprint density at radius 2 is 1.42 bits per heavy atom. The first-order valence-corrected chi connectivity index (χ1v) is 12.5. The normalized spacial score (nSPS) is 11.8. The van der Waals surface area contributed by atoms with Crippen molar-refractivity contribution in [1.82, 2.24) is 0 Å². The minimum atomic E-state index is -3.97. The fourth-order valence-electron chi connectivity index (χ4n) is 3.07. The van der Waals surface area contributed by atoms with Crippen LogP contribution in [0.2, 0.25) is 0 Å². The Morgan fingerprint density at radius 1 is 0.758 bits per heavy atom. The first-order chi connectivity index (χ1) is 15.7. The van der Waals surface area contributed by atoms with Crippen molar-refractivity contribution >= 4 is 42.4 Å². The minimum absolute atomic E-state index is 0.0432. The molecule has 1 aromatic heterocycles. The van der Waals surface area contributed by atoms with Crippen LogP contribution in [0.15, 0.2) is 97.9 Å². The van der Waals surface area contributed by atoms with Crippen molar-refractivity contribution in [3.63, 3.8) is 0 Å². The van der Waals surface area contributed by atoms with E-state index in [1.807, 2.05) is 0 Å². The monoisotopic (exact) mass is 486 g/mol. The summed E-state index contributed by atoms with van der Waals surface area (Å²) in [6, 6.07) is 18.5. The molecule has 0 fully saturated rings. The molecule has 4 rings (SSSR count). The molecule has 0 saturated heterocycles. The summed E-state index contributed by atoms with van der Waals surface area (Å²) < 4.78 is 65.9. The molecule has 2 N–H and O–H groups in total. The van der Waals surface area contributed by atoms with Crippen LogP contribution in [0.4, 0.5) is 11.4 Å². The lowest BCUT2D eigenvalue weighted by Gasteiger charge is -2.12. The lowest BCUT2D eigenvalue weighted by atomic mass is 10.2. The van der Waals surface area contributed by atoms with E-state index in [4.69, 9.17) is 9.15 Å². The Morgan fingerprint density at radius 3 is 2.15 bits per heavy atom. The molecule has 9 nitrogen and oxygen atoms in total. The number of hydrogen-bond acceptors (Lipinski definition) is 7. The van der Waals surface area contributed by atoms with E-state index >= 15 is 0 Å². The SMILES string of the molecule is COc1ccccc1NS(=O)(=O)c1ccc(NS(=O)(=O)c2ccc3oc(=O)ccc3c2)cc1. The van der Waals surface area contributed by atoms with Gasteiger partial charge in [-0.15, -0.1) is 0 Å². The number of hydrogen-bond donors (Lipinski definition) is 2. The molecular weight excluding hydrogens is 468 g/mol. The van der Waals surface area contributed by atoms with Crippen LogP contribution < -0.4 is 19.8 Å². The van der Waals surface area contributed by atoms with Gasteiger partial charge >= 0.3 is 5.63 Å². The quantitative estimate of drug-likeness (QED) is 0.383. The summed E-state index contributed by atoms with van der Waals surface area (Å²) in [5.41, 5.74) is 0.174. The number of sulfonamides is 2. The van der Waals surface area contributed by atoms with Crippen LogP contribution in [0.25, 0.3) is 11.0 Å². The van der Waals surface area contributed by atoms with Crippen molar-refractivity contribution in [2.75, 3.05) is 16.6 Å². The first-order valence-electron chi connectivity index (χ1n) is 9.51. The lowest BCUT2D eigenvalue weighted by molar-refractivity contribution is 0.417. The van der Waals surface area contributed by atoms with Crippen LogP contribution in [0.1, 0.15) is 0 Å². The Hall–Kier alpha value is -3.83. The second kappa shape index (κ2) is 8.60. The maximum absolute atomic E-state index is 12.8. The van der Waals surface area contributed by atoms with E-state index in [1.54, 1.807) is 24.3 Å². The summed E-state index contributed by atoms with van der Waals surface area (Å²) in [6.07, 6.45) is 0. The van der Waals surface area contributed by atoms with Crippen molar-refractivity contribution < 1.29 is 26.0 Å². The second-order valence-electron chi connectivity index (χ2n) is 6.89.